The third-order valence-corrected chi connectivity index (χ3v) is 3.23. The lowest BCUT2D eigenvalue weighted by Crippen LogP contribution is -2.52. The molecule has 1 aromatic carbocycles. The second kappa shape index (κ2) is 6.46. The SMILES string of the molecule is COC(CC(F)(F)C(F)(F)C(F)(F)F)c1ccccc1C(C)=O. The van der Waals surface area contributed by atoms with E-state index in [2.05, 4.69) is 4.74 Å². The Labute approximate surface area is 127 Å². The highest BCUT2D eigenvalue weighted by atomic mass is 19.4. The number of Topliss-reactive ketones (excluding diaryl/α,β-unsaturated/α-hetero) is 1. The van der Waals surface area contributed by atoms with Gasteiger partial charge in [0.25, 0.3) is 0 Å². The molecule has 0 heterocycles. The molecule has 0 aliphatic carbocycles. The molecule has 0 radical (unpaired) electrons. The molecule has 0 saturated carbocycles. The van der Waals surface area contributed by atoms with Gasteiger partial charge in [0.15, 0.2) is 5.78 Å². The number of hydrogen-bond donors (Lipinski definition) is 0. The molecule has 0 fully saturated rings. The number of alkyl halides is 7. The highest BCUT2D eigenvalue weighted by molar-refractivity contribution is 5.95. The molecular weight excluding hydrogens is 333 g/mol. The van der Waals surface area contributed by atoms with Crippen molar-refractivity contribution in [3.05, 3.63) is 35.4 Å². The molecule has 23 heavy (non-hydrogen) atoms. The van der Waals surface area contributed by atoms with E-state index in [9.17, 15) is 35.5 Å². The number of halogens is 7. The number of hydrogen-bond acceptors (Lipinski definition) is 2. The van der Waals surface area contributed by atoms with E-state index in [-0.39, 0.29) is 11.1 Å². The molecule has 1 atom stereocenters. The molecule has 2 nitrogen and oxygen atoms in total. The van der Waals surface area contributed by atoms with E-state index in [1.165, 1.54) is 18.2 Å². The smallest absolute Gasteiger partial charge is 0.377 e. The summed E-state index contributed by atoms with van der Waals surface area (Å²) in [5, 5.41) is 0. The van der Waals surface area contributed by atoms with Crippen LogP contribution in [0.25, 0.3) is 0 Å². The lowest BCUT2D eigenvalue weighted by Gasteiger charge is -2.31. The van der Waals surface area contributed by atoms with E-state index < -0.39 is 36.3 Å². The maximum atomic E-state index is 13.5. The lowest BCUT2D eigenvalue weighted by atomic mass is 9.93. The van der Waals surface area contributed by atoms with Gasteiger partial charge in [-0.15, -0.1) is 0 Å². The number of rotatable bonds is 6. The maximum Gasteiger partial charge on any atom is 0.459 e. The van der Waals surface area contributed by atoms with Gasteiger partial charge in [0.2, 0.25) is 0 Å². The average molecular weight is 346 g/mol. The first-order valence-corrected chi connectivity index (χ1v) is 6.30. The molecule has 1 aromatic rings. The number of carbonyl (C=O) groups excluding carboxylic acids is 1. The molecule has 1 unspecified atom stereocenters. The monoisotopic (exact) mass is 346 g/mol. The highest BCUT2D eigenvalue weighted by Crippen LogP contribution is 2.50. The highest BCUT2D eigenvalue weighted by Gasteiger charge is 2.73. The van der Waals surface area contributed by atoms with Crippen LogP contribution in [0.3, 0.4) is 0 Å². The molecule has 0 aliphatic heterocycles. The Kier molecular flexibility index (Phi) is 5.45. The predicted octanol–water partition coefficient (Wildman–Crippen LogP) is 4.80. The van der Waals surface area contributed by atoms with Crippen LogP contribution < -0.4 is 0 Å². The quantitative estimate of drug-likeness (QED) is 0.546. The van der Waals surface area contributed by atoms with E-state index >= 15 is 0 Å². The summed E-state index contributed by atoms with van der Waals surface area (Å²) in [6, 6.07) is 5.12. The molecular formula is C14H13F7O2. The van der Waals surface area contributed by atoms with E-state index in [4.69, 9.17) is 0 Å². The van der Waals surface area contributed by atoms with Crippen LogP contribution in [0.5, 0.6) is 0 Å². The van der Waals surface area contributed by atoms with Gasteiger partial charge in [-0.3, -0.25) is 4.79 Å². The van der Waals surface area contributed by atoms with Gasteiger partial charge in [0, 0.05) is 19.1 Å². The van der Waals surface area contributed by atoms with Crippen LogP contribution in [0.2, 0.25) is 0 Å². The summed E-state index contributed by atoms with van der Waals surface area (Å²) >= 11 is 0. The minimum Gasteiger partial charge on any atom is -0.377 e. The minimum atomic E-state index is -6.41. The summed E-state index contributed by atoms with van der Waals surface area (Å²) in [5.41, 5.74) is -0.273. The fourth-order valence-corrected chi connectivity index (χ4v) is 1.99. The van der Waals surface area contributed by atoms with Crippen molar-refractivity contribution in [1.82, 2.24) is 0 Å². The van der Waals surface area contributed by atoms with E-state index in [1.807, 2.05) is 0 Å². The van der Waals surface area contributed by atoms with Gasteiger partial charge >= 0.3 is 18.0 Å². The molecule has 0 bridgehead atoms. The second-order valence-corrected chi connectivity index (χ2v) is 4.85. The van der Waals surface area contributed by atoms with Gasteiger partial charge in [-0.05, 0) is 12.5 Å². The van der Waals surface area contributed by atoms with Crippen molar-refractivity contribution < 1.29 is 40.3 Å². The predicted molar refractivity (Wildman–Crippen MR) is 66.8 cm³/mol. The first-order valence-electron chi connectivity index (χ1n) is 6.30. The van der Waals surface area contributed by atoms with Crippen molar-refractivity contribution in [2.24, 2.45) is 0 Å². The number of ketones is 1. The van der Waals surface area contributed by atoms with Crippen LogP contribution in [-0.2, 0) is 4.74 Å². The first kappa shape index (κ1) is 19.4. The fourth-order valence-electron chi connectivity index (χ4n) is 1.99. The Morgan fingerprint density at radius 3 is 2.04 bits per heavy atom. The molecule has 0 saturated heterocycles. The van der Waals surface area contributed by atoms with Crippen molar-refractivity contribution in [2.45, 2.75) is 37.5 Å². The van der Waals surface area contributed by atoms with Crippen molar-refractivity contribution in [3.63, 3.8) is 0 Å². The Morgan fingerprint density at radius 1 is 1.09 bits per heavy atom. The third kappa shape index (κ3) is 3.82. The Morgan fingerprint density at radius 2 is 1.61 bits per heavy atom. The fraction of sp³-hybridized carbons (Fsp3) is 0.500. The van der Waals surface area contributed by atoms with Gasteiger partial charge in [0.05, 0.1) is 6.10 Å². The summed E-state index contributed by atoms with van der Waals surface area (Å²) < 4.78 is 94.1. The van der Waals surface area contributed by atoms with Crippen LogP contribution in [0.4, 0.5) is 30.7 Å². The second-order valence-electron chi connectivity index (χ2n) is 4.85. The van der Waals surface area contributed by atoms with Gasteiger partial charge in [-0.25, -0.2) is 0 Å². The third-order valence-electron chi connectivity index (χ3n) is 3.23. The van der Waals surface area contributed by atoms with Gasteiger partial charge in [-0.1, -0.05) is 24.3 Å². The molecule has 0 amide bonds. The van der Waals surface area contributed by atoms with Crippen molar-refractivity contribution in [2.75, 3.05) is 7.11 Å². The molecule has 130 valence electrons. The molecule has 0 spiro atoms. The van der Waals surface area contributed by atoms with Crippen LogP contribution >= 0.6 is 0 Å². The van der Waals surface area contributed by atoms with Gasteiger partial charge in [0.1, 0.15) is 0 Å². The largest absolute Gasteiger partial charge is 0.459 e. The lowest BCUT2D eigenvalue weighted by molar-refractivity contribution is -0.358. The first-order chi connectivity index (χ1) is 10.3. The minimum absolute atomic E-state index is 0.0922. The molecule has 9 heteroatoms. The van der Waals surface area contributed by atoms with Gasteiger partial charge in [-0.2, -0.15) is 30.7 Å². The maximum absolute atomic E-state index is 13.5. The van der Waals surface area contributed by atoms with Gasteiger partial charge < -0.3 is 4.74 Å². The molecule has 0 aliphatic rings. The topological polar surface area (TPSA) is 26.3 Å². The summed E-state index contributed by atoms with van der Waals surface area (Å²) in [6.45, 7) is 1.11. The summed E-state index contributed by atoms with van der Waals surface area (Å²) in [7, 11) is 0.878. The number of benzene rings is 1. The summed E-state index contributed by atoms with van der Waals surface area (Å²) in [6.07, 6.45) is -10.1. The van der Waals surface area contributed by atoms with Crippen molar-refractivity contribution >= 4 is 5.78 Å². The van der Waals surface area contributed by atoms with Crippen LogP contribution in [-0.4, -0.2) is 30.9 Å². The standard InChI is InChI=1S/C14H13F7O2/c1-8(22)9-5-3-4-6-10(9)11(23-2)7-12(15,16)13(17,18)14(19,20)21/h3-6,11H,7H2,1-2H3. The molecule has 1 rings (SSSR count). The van der Waals surface area contributed by atoms with Crippen molar-refractivity contribution in [3.8, 4) is 0 Å². The zero-order valence-electron chi connectivity index (χ0n) is 12.1. The van der Waals surface area contributed by atoms with E-state index in [0.717, 1.165) is 20.1 Å². The zero-order chi connectivity index (χ0) is 18.1. The average Bonchev–Trinajstić information content (AvgIpc) is 2.43. The van der Waals surface area contributed by atoms with E-state index in [0.29, 0.717) is 0 Å². The normalized spacial score (nSPS) is 14.7. The Bertz CT molecular complexity index is 566. The summed E-state index contributed by atoms with van der Waals surface area (Å²) in [4.78, 5) is 11.4. The van der Waals surface area contributed by atoms with E-state index in [1.54, 1.807) is 0 Å². The number of ether oxygens (including phenoxy) is 1. The number of carbonyl (C=O) groups is 1. The Balaban J connectivity index is 3.22. The van der Waals surface area contributed by atoms with Crippen LogP contribution in [0.1, 0.15) is 35.4 Å². The zero-order valence-corrected chi connectivity index (χ0v) is 12.1. The van der Waals surface area contributed by atoms with Crippen LogP contribution in [0, 0.1) is 0 Å². The van der Waals surface area contributed by atoms with Crippen molar-refractivity contribution in [1.29, 1.82) is 0 Å². The number of methoxy groups -OCH3 is 1. The molecule has 0 aromatic heterocycles. The molecule has 0 N–H and O–H groups in total. The Hall–Kier alpha value is -1.64. The van der Waals surface area contributed by atoms with Crippen LogP contribution in [0.15, 0.2) is 24.3 Å². The summed E-state index contributed by atoms with van der Waals surface area (Å²) in [5.74, 6) is -12.2.